The zero-order valence-corrected chi connectivity index (χ0v) is 18.8. The summed E-state index contributed by atoms with van der Waals surface area (Å²) in [5.41, 5.74) is 4.70. The summed E-state index contributed by atoms with van der Waals surface area (Å²) in [6.07, 6.45) is 5.44. The number of nitrogens with zero attached hydrogens (tertiary/aromatic N) is 3. The summed E-state index contributed by atoms with van der Waals surface area (Å²) in [6, 6.07) is 7.10. The maximum absolute atomic E-state index is 13.1. The van der Waals surface area contributed by atoms with Gasteiger partial charge in [0.25, 0.3) is 5.91 Å². The van der Waals surface area contributed by atoms with Crippen LogP contribution in [0.1, 0.15) is 47.3 Å². The minimum Gasteiger partial charge on any atom is -0.381 e. The normalized spacial score (nSPS) is 22.6. The summed E-state index contributed by atoms with van der Waals surface area (Å²) in [5, 5.41) is 4.26. The number of carbonyl (C=O) groups is 2. The molecule has 2 aromatic rings. The van der Waals surface area contributed by atoms with E-state index < -0.39 is 0 Å². The van der Waals surface area contributed by atoms with Crippen molar-refractivity contribution < 1.29 is 14.3 Å². The first-order chi connectivity index (χ1) is 15.6. The van der Waals surface area contributed by atoms with E-state index >= 15 is 0 Å². The standard InChI is InChI=1S/C25H32N4O3/c1-27-22-5-2-16(25(31)29-13-17(14-29)24(30)26-18-3-4-18)12-20(22)21-15-28(9-6-23(21)27)19-7-10-32-11-8-19/h2,5,12,17-19H,3-4,6-11,13-15H2,1H3,(H,26,30). The lowest BCUT2D eigenvalue weighted by Gasteiger charge is -2.38. The second kappa shape index (κ2) is 7.89. The van der Waals surface area contributed by atoms with Gasteiger partial charge in [0.1, 0.15) is 0 Å². The molecule has 4 aliphatic rings. The van der Waals surface area contributed by atoms with Crippen molar-refractivity contribution in [2.75, 3.05) is 32.8 Å². The fourth-order valence-electron chi connectivity index (χ4n) is 5.63. The molecule has 3 aliphatic heterocycles. The van der Waals surface area contributed by atoms with Gasteiger partial charge >= 0.3 is 0 Å². The lowest BCUT2D eigenvalue weighted by molar-refractivity contribution is -0.129. The summed E-state index contributed by atoms with van der Waals surface area (Å²) in [7, 11) is 2.14. The molecule has 3 fully saturated rings. The van der Waals surface area contributed by atoms with E-state index in [0.29, 0.717) is 25.2 Å². The van der Waals surface area contributed by atoms with Gasteiger partial charge in [-0.2, -0.15) is 0 Å². The van der Waals surface area contributed by atoms with Crippen LogP contribution in [0.4, 0.5) is 0 Å². The number of ether oxygens (including phenoxy) is 1. The Kier molecular flexibility index (Phi) is 4.99. The molecule has 7 heteroatoms. The van der Waals surface area contributed by atoms with Crippen LogP contribution in [-0.4, -0.2) is 71.1 Å². The van der Waals surface area contributed by atoms with Gasteiger partial charge in [-0.15, -0.1) is 0 Å². The molecule has 2 amide bonds. The Morgan fingerprint density at radius 2 is 1.88 bits per heavy atom. The highest BCUT2D eigenvalue weighted by Crippen LogP contribution is 2.33. The van der Waals surface area contributed by atoms with E-state index in [9.17, 15) is 9.59 Å². The summed E-state index contributed by atoms with van der Waals surface area (Å²) in [4.78, 5) is 29.8. The molecule has 170 valence electrons. The summed E-state index contributed by atoms with van der Waals surface area (Å²) >= 11 is 0. The maximum Gasteiger partial charge on any atom is 0.253 e. The van der Waals surface area contributed by atoms with Crippen LogP contribution >= 0.6 is 0 Å². The molecule has 1 aromatic carbocycles. The number of rotatable bonds is 4. The third-order valence-corrected chi connectivity index (χ3v) is 7.85. The number of carbonyl (C=O) groups excluding carboxylic acids is 2. The topological polar surface area (TPSA) is 66.8 Å². The number of aryl methyl sites for hydroxylation is 1. The molecule has 1 saturated carbocycles. The minimum absolute atomic E-state index is 0.0390. The molecule has 1 aliphatic carbocycles. The number of hydrogen-bond acceptors (Lipinski definition) is 4. The molecule has 32 heavy (non-hydrogen) atoms. The van der Waals surface area contributed by atoms with E-state index in [0.717, 1.165) is 64.0 Å². The quantitative estimate of drug-likeness (QED) is 0.797. The third kappa shape index (κ3) is 3.52. The van der Waals surface area contributed by atoms with Crippen LogP contribution in [0.3, 0.4) is 0 Å². The lowest BCUT2D eigenvalue weighted by atomic mass is 9.96. The molecule has 0 bridgehead atoms. The Morgan fingerprint density at radius 3 is 2.62 bits per heavy atom. The number of nitrogens with one attached hydrogen (secondary N) is 1. The Hall–Kier alpha value is -2.38. The first-order valence-electron chi connectivity index (χ1n) is 12.1. The smallest absolute Gasteiger partial charge is 0.253 e. The summed E-state index contributed by atoms with van der Waals surface area (Å²) in [6.45, 7) is 4.81. The monoisotopic (exact) mass is 436 g/mol. The molecular weight excluding hydrogens is 404 g/mol. The number of fused-ring (bicyclic) bond motifs is 3. The third-order valence-electron chi connectivity index (χ3n) is 7.85. The average molecular weight is 437 g/mol. The summed E-state index contributed by atoms with van der Waals surface area (Å²) in [5.74, 6) is 0.0928. The first-order valence-corrected chi connectivity index (χ1v) is 12.1. The predicted molar refractivity (Wildman–Crippen MR) is 121 cm³/mol. The highest BCUT2D eigenvalue weighted by atomic mass is 16.5. The van der Waals surface area contributed by atoms with Gasteiger partial charge in [0, 0.05) is 87.1 Å². The van der Waals surface area contributed by atoms with Crippen LogP contribution < -0.4 is 5.32 Å². The van der Waals surface area contributed by atoms with E-state index in [1.54, 1.807) is 0 Å². The fraction of sp³-hybridized carbons (Fsp3) is 0.600. The van der Waals surface area contributed by atoms with Crippen LogP contribution in [-0.2, 0) is 29.5 Å². The molecule has 7 nitrogen and oxygen atoms in total. The van der Waals surface area contributed by atoms with E-state index in [1.807, 2.05) is 11.0 Å². The number of aromatic nitrogens is 1. The molecule has 4 heterocycles. The largest absolute Gasteiger partial charge is 0.381 e. The van der Waals surface area contributed by atoms with Gasteiger partial charge in [-0.3, -0.25) is 14.5 Å². The molecule has 0 radical (unpaired) electrons. The Balaban J connectivity index is 1.20. The van der Waals surface area contributed by atoms with Crippen LogP contribution in [0.2, 0.25) is 0 Å². The van der Waals surface area contributed by atoms with Gasteiger partial charge in [0.05, 0.1) is 5.92 Å². The van der Waals surface area contributed by atoms with Gasteiger partial charge < -0.3 is 19.5 Å². The Bertz CT molecular complexity index is 1060. The number of amides is 2. The molecule has 1 N–H and O–H groups in total. The molecular formula is C25H32N4O3. The zero-order chi connectivity index (χ0) is 21.8. The van der Waals surface area contributed by atoms with Crippen molar-refractivity contribution >= 4 is 22.7 Å². The molecule has 6 rings (SSSR count). The predicted octanol–water partition coefficient (Wildman–Crippen LogP) is 2.07. The SMILES string of the molecule is Cn1c2c(c3cc(C(=O)N4CC(C(=O)NC5CC5)C4)ccc31)CN(C1CCOCC1)CC2. The second-order valence-electron chi connectivity index (χ2n) is 9.97. The highest BCUT2D eigenvalue weighted by Gasteiger charge is 2.38. The van der Waals surface area contributed by atoms with Gasteiger partial charge in [0.15, 0.2) is 0 Å². The van der Waals surface area contributed by atoms with Gasteiger partial charge in [0.2, 0.25) is 5.91 Å². The van der Waals surface area contributed by atoms with Crippen molar-refractivity contribution in [3.63, 3.8) is 0 Å². The first kappa shape index (κ1) is 20.2. The van der Waals surface area contributed by atoms with Crippen molar-refractivity contribution in [2.24, 2.45) is 13.0 Å². The van der Waals surface area contributed by atoms with Crippen LogP contribution in [0.15, 0.2) is 18.2 Å². The molecule has 0 unspecified atom stereocenters. The van der Waals surface area contributed by atoms with E-state index in [1.165, 1.54) is 22.2 Å². The molecule has 0 atom stereocenters. The van der Waals surface area contributed by atoms with Crippen molar-refractivity contribution in [1.29, 1.82) is 0 Å². The van der Waals surface area contributed by atoms with Gasteiger partial charge in [-0.05, 0) is 49.4 Å². The Morgan fingerprint density at radius 1 is 1.09 bits per heavy atom. The lowest BCUT2D eigenvalue weighted by Crippen LogP contribution is -2.56. The highest BCUT2D eigenvalue weighted by molar-refractivity contribution is 6.00. The number of benzene rings is 1. The molecule has 2 saturated heterocycles. The van der Waals surface area contributed by atoms with Gasteiger partial charge in [-0.1, -0.05) is 0 Å². The maximum atomic E-state index is 13.1. The van der Waals surface area contributed by atoms with E-state index in [-0.39, 0.29) is 17.7 Å². The molecule has 0 spiro atoms. The zero-order valence-electron chi connectivity index (χ0n) is 18.8. The van der Waals surface area contributed by atoms with Crippen LogP contribution in [0, 0.1) is 5.92 Å². The van der Waals surface area contributed by atoms with Crippen LogP contribution in [0.5, 0.6) is 0 Å². The number of likely N-dealkylation sites (tertiary alicyclic amines) is 1. The summed E-state index contributed by atoms with van der Waals surface area (Å²) < 4.78 is 7.87. The van der Waals surface area contributed by atoms with Gasteiger partial charge in [-0.25, -0.2) is 0 Å². The number of hydrogen-bond donors (Lipinski definition) is 1. The van der Waals surface area contributed by atoms with Crippen molar-refractivity contribution in [3.05, 3.63) is 35.0 Å². The average Bonchev–Trinajstić information content (AvgIpc) is 3.56. The van der Waals surface area contributed by atoms with Crippen molar-refractivity contribution in [3.8, 4) is 0 Å². The minimum atomic E-state index is -0.0548. The van der Waals surface area contributed by atoms with Crippen molar-refractivity contribution in [1.82, 2.24) is 19.7 Å². The van der Waals surface area contributed by atoms with Crippen LogP contribution in [0.25, 0.3) is 10.9 Å². The molecule has 1 aromatic heterocycles. The van der Waals surface area contributed by atoms with Crippen molar-refractivity contribution in [2.45, 2.75) is 50.7 Å². The second-order valence-corrected chi connectivity index (χ2v) is 9.97. The van der Waals surface area contributed by atoms with E-state index in [2.05, 4.69) is 34.0 Å². The van der Waals surface area contributed by atoms with E-state index in [4.69, 9.17) is 4.74 Å². The fourth-order valence-corrected chi connectivity index (χ4v) is 5.63. The Labute approximate surface area is 188 Å².